The molecule has 1 unspecified atom stereocenters. The highest BCUT2D eigenvalue weighted by atomic mass is 32.2. The summed E-state index contributed by atoms with van der Waals surface area (Å²) in [5.41, 5.74) is 0.236. The summed E-state index contributed by atoms with van der Waals surface area (Å²) >= 11 is 1.94. The molecule has 0 amide bonds. The van der Waals surface area contributed by atoms with Gasteiger partial charge in [0.05, 0.1) is 5.60 Å². The molecule has 1 saturated carbocycles. The first-order valence-electron chi connectivity index (χ1n) is 7.41. The Labute approximate surface area is 115 Å². The fourth-order valence-corrected chi connectivity index (χ4v) is 3.97. The molecule has 1 aliphatic heterocycles. The van der Waals surface area contributed by atoms with E-state index in [1.165, 1.54) is 38.5 Å². The van der Waals surface area contributed by atoms with Gasteiger partial charge in [-0.05, 0) is 37.9 Å². The van der Waals surface area contributed by atoms with Crippen LogP contribution in [-0.2, 0) is 4.74 Å². The van der Waals surface area contributed by atoms with Crippen molar-refractivity contribution in [3.63, 3.8) is 0 Å². The molecule has 0 radical (unpaired) electrons. The fraction of sp³-hybridized carbons (Fsp3) is 1.00. The van der Waals surface area contributed by atoms with Crippen LogP contribution in [0.15, 0.2) is 0 Å². The number of nitrogens with one attached hydrogen (secondary N) is 1. The zero-order chi connectivity index (χ0) is 12.7. The lowest BCUT2D eigenvalue weighted by Crippen LogP contribution is -2.46. The van der Waals surface area contributed by atoms with Gasteiger partial charge in [-0.15, -0.1) is 0 Å². The van der Waals surface area contributed by atoms with E-state index < -0.39 is 0 Å². The highest BCUT2D eigenvalue weighted by Crippen LogP contribution is 2.39. The summed E-state index contributed by atoms with van der Waals surface area (Å²) in [6.07, 6.45) is 8.56. The summed E-state index contributed by atoms with van der Waals surface area (Å²) < 4.78 is 6.04. The summed E-state index contributed by atoms with van der Waals surface area (Å²) in [7, 11) is 0. The second-order valence-electron chi connectivity index (χ2n) is 5.57. The Hall–Kier alpha value is 0.230. The third-order valence-corrected chi connectivity index (χ3v) is 5.20. The Morgan fingerprint density at radius 1 is 1.28 bits per heavy atom. The maximum atomic E-state index is 8.70. The van der Waals surface area contributed by atoms with Crippen molar-refractivity contribution >= 4 is 11.8 Å². The summed E-state index contributed by atoms with van der Waals surface area (Å²) in [6, 6.07) is 0.662. The normalized spacial score (nSPS) is 26.8. The van der Waals surface area contributed by atoms with E-state index in [1.807, 2.05) is 11.8 Å². The first kappa shape index (κ1) is 14.6. The minimum absolute atomic E-state index is 0.236. The summed E-state index contributed by atoms with van der Waals surface area (Å²) in [6.45, 7) is 2.36. The van der Waals surface area contributed by atoms with Crippen molar-refractivity contribution in [3.8, 4) is 0 Å². The lowest BCUT2D eigenvalue weighted by atomic mass is 9.89. The van der Waals surface area contributed by atoms with E-state index in [0.717, 1.165) is 31.1 Å². The van der Waals surface area contributed by atoms with Crippen molar-refractivity contribution in [1.29, 1.82) is 0 Å². The van der Waals surface area contributed by atoms with Crippen LogP contribution in [0.1, 0.15) is 44.9 Å². The van der Waals surface area contributed by atoms with E-state index in [4.69, 9.17) is 9.84 Å². The van der Waals surface area contributed by atoms with Crippen LogP contribution in [0, 0.1) is 0 Å². The number of aliphatic hydroxyl groups excluding tert-OH is 1. The molecule has 18 heavy (non-hydrogen) atoms. The minimum Gasteiger partial charge on any atom is -0.396 e. The van der Waals surface area contributed by atoms with Crippen molar-refractivity contribution in [1.82, 2.24) is 5.32 Å². The van der Waals surface area contributed by atoms with Crippen molar-refractivity contribution < 1.29 is 9.84 Å². The Morgan fingerprint density at radius 3 is 2.89 bits per heavy atom. The average Bonchev–Trinajstić information content (AvgIpc) is 2.82. The molecule has 0 aromatic rings. The largest absolute Gasteiger partial charge is 0.396 e. The van der Waals surface area contributed by atoms with E-state index in [-0.39, 0.29) is 5.60 Å². The third kappa shape index (κ3) is 4.41. The van der Waals surface area contributed by atoms with Gasteiger partial charge in [0, 0.05) is 31.6 Å². The molecule has 1 atom stereocenters. The third-order valence-electron chi connectivity index (χ3n) is 4.13. The van der Waals surface area contributed by atoms with Gasteiger partial charge in [-0.3, -0.25) is 0 Å². The predicted octanol–water partition coefficient (Wildman–Crippen LogP) is 2.18. The maximum Gasteiger partial charge on any atom is 0.0697 e. The van der Waals surface area contributed by atoms with E-state index >= 15 is 0 Å². The smallest absolute Gasteiger partial charge is 0.0697 e. The van der Waals surface area contributed by atoms with E-state index in [0.29, 0.717) is 12.6 Å². The lowest BCUT2D eigenvalue weighted by Gasteiger charge is -2.38. The van der Waals surface area contributed by atoms with Gasteiger partial charge < -0.3 is 15.2 Å². The van der Waals surface area contributed by atoms with Crippen LogP contribution < -0.4 is 5.32 Å². The van der Waals surface area contributed by atoms with Gasteiger partial charge in [-0.25, -0.2) is 0 Å². The fourth-order valence-electron chi connectivity index (χ4n) is 3.17. The summed E-state index contributed by atoms with van der Waals surface area (Å²) in [5.74, 6) is 2.24. The van der Waals surface area contributed by atoms with E-state index in [9.17, 15) is 0 Å². The molecule has 2 fully saturated rings. The van der Waals surface area contributed by atoms with Crippen LogP contribution in [0.3, 0.4) is 0 Å². The predicted molar refractivity (Wildman–Crippen MR) is 77.2 cm³/mol. The Balaban J connectivity index is 1.58. The van der Waals surface area contributed by atoms with Gasteiger partial charge >= 0.3 is 0 Å². The number of thioether (sulfide) groups is 1. The molecule has 3 nitrogen and oxygen atoms in total. The van der Waals surface area contributed by atoms with E-state index in [1.54, 1.807) is 0 Å². The number of aliphatic hydroxyl groups is 1. The molecular weight excluding hydrogens is 246 g/mol. The van der Waals surface area contributed by atoms with Crippen LogP contribution >= 0.6 is 11.8 Å². The quantitative estimate of drug-likeness (QED) is 0.698. The zero-order valence-electron chi connectivity index (χ0n) is 11.3. The maximum absolute atomic E-state index is 8.70. The Morgan fingerprint density at radius 2 is 2.11 bits per heavy atom. The number of ether oxygens (including phenoxy) is 1. The topological polar surface area (TPSA) is 41.5 Å². The molecule has 1 saturated heterocycles. The molecule has 106 valence electrons. The SMILES string of the molecule is OCCCSCCNC1CCOC2(CCCC2)C1. The van der Waals surface area contributed by atoms with Crippen LogP contribution in [0.5, 0.6) is 0 Å². The first-order chi connectivity index (χ1) is 8.85. The van der Waals surface area contributed by atoms with Gasteiger partial charge in [0.25, 0.3) is 0 Å². The van der Waals surface area contributed by atoms with Gasteiger partial charge in [0.15, 0.2) is 0 Å². The van der Waals surface area contributed by atoms with Crippen LogP contribution in [0.25, 0.3) is 0 Å². The standard InChI is InChI=1S/C14H27NO2S/c16-8-3-10-18-11-7-15-13-4-9-17-14(12-13)5-1-2-6-14/h13,15-16H,1-12H2. The summed E-state index contributed by atoms with van der Waals surface area (Å²) in [5, 5.41) is 12.4. The zero-order valence-corrected chi connectivity index (χ0v) is 12.1. The van der Waals surface area contributed by atoms with Crippen LogP contribution in [-0.4, -0.2) is 48.0 Å². The molecule has 2 aliphatic rings. The van der Waals surface area contributed by atoms with Gasteiger partial charge in [0.2, 0.25) is 0 Å². The number of hydrogen-bond donors (Lipinski definition) is 2. The molecule has 1 spiro atoms. The molecule has 0 aromatic heterocycles. The molecule has 0 bridgehead atoms. The van der Waals surface area contributed by atoms with Crippen LogP contribution in [0.2, 0.25) is 0 Å². The van der Waals surface area contributed by atoms with Gasteiger partial charge in [-0.1, -0.05) is 12.8 Å². The highest BCUT2D eigenvalue weighted by Gasteiger charge is 2.39. The van der Waals surface area contributed by atoms with Crippen LogP contribution in [0.4, 0.5) is 0 Å². The molecule has 1 heterocycles. The van der Waals surface area contributed by atoms with E-state index in [2.05, 4.69) is 5.32 Å². The number of rotatable bonds is 7. The van der Waals surface area contributed by atoms with Crippen molar-refractivity contribution in [3.05, 3.63) is 0 Å². The van der Waals surface area contributed by atoms with Crippen molar-refractivity contribution in [2.24, 2.45) is 0 Å². The Bertz CT molecular complexity index is 232. The lowest BCUT2D eigenvalue weighted by molar-refractivity contribution is -0.0833. The van der Waals surface area contributed by atoms with Crippen molar-refractivity contribution in [2.75, 3.05) is 31.3 Å². The molecule has 1 aliphatic carbocycles. The molecule has 4 heteroatoms. The van der Waals surface area contributed by atoms with Gasteiger partial charge in [-0.2, -0.15) is 11.8 Å². The molecular formula is C14H27NO2S. The molecule has 0 aromatic carbocycles. The first-order valence-corrected chi connectivity index (χ1v) is 8.56. The second kappa shape index (κ2) is 7.73. The number of hydrogen-bond acceptors (Lipinski definition) is 4. The highest BCUT2D eigenvalue weighted by molar-refractivity contribution is 7.99. The molecule has 2 N–H and O–H groups in total. The average molecular weight is 273 g/mol. The summed E-state index contributed by atoms with van der Waals surface area (Å²) in [4.78, 5) is 0. The minimum atomic E-state index is 0.236. The van der Waals surface area contributed by atoms with Gasteiger partial charge in [0.1, 0.15) is 0 Å². The second-order valence-corrected chi connectivity index (χ2v) is 6.80. The Kier molecular flexibility index (Phi) is 6.29. The monoisotopic (exact) mass is 273 g/mol. The molecule has 2 rings (SSSR count). The van der Waals surface area contributed by atoms with Crippen molar-refractivity contribution in [2.45, 2.75) is 56.6 Å².